The van der Waals surface area contributed by atoms with Crippen molar-refractivity contribution in [3.05, 3.63) is 61.9 Å². The quantitative estimate of drug-likeness (QED) is 0.513. The van der Waals surface area contributed by atoms with Gasteiger partial charge in [-0.1, -0.05) is 22.0 Å². The van der Waals surface area contributed by atoms with Crippen molar-refractivity contribution in [1.29, 1.82) is 0 Å². The minimum Gasteiger partial charge on any atom is -0.463 e. The van der Waals surface area contributed by atoms with Crippen molar-refractivity contribution in [2.75, 3.05) is 13.2 Å². The molecule has 3 aliphatic rings. The summed E-state index contributed by atoms with van der Waals surface area (Å²) < 4.78 is 47.8. The Kier molecular flexibility index (Phi) is 6.34. The number of carbonyl (C=O) groups excluding carboxylic acids is 1. The van der Waals surface area contributed by atoms with E-state index in [1.54, 1.807) is 19.2 Å². The highest BCUT2D eigenvalue weighted by molar-refractivity contribution is 9.10. The summed E-state index contributed by atoms with van der Waals surface area (Å²) in [5, 5.41) is 2.13. The topological polar surface area (TPSA) is 101 Å². The zero-order valence-electron chi connectivity index (χ0n) is 18.2. The number of hydrogen-bond donors (Lipinski definition) is 1. The fraction of sp³-hybridized carbons (Fsp3) is 0.409. The molecule has 34 heavy (non-hydrogen) atoms. The van der Waals surface area contributed by atoms with Crippen LogP contribution in [-0.2, 0) is 19.6 Å². The molecule has 1 aromatic heterocycles. The smallest absolute Gasteiger partial charge is 0.338 e. The number of nitrogens with zero attached hydrogens (tertiary/aromatic N) is 3. The van der Waals surface area contributed by atoms with Gasteiger partial charge in [-0.15, -0.1) is 11.3 Å². The van der Waals surface area contributed by atoms with Gasteiger partial charge in [-0.25, -0.2) is 27.3 Å². The predicted molar refractivity (Wildman–Crippen MR) is 129 cm³/mol. The summed E-state index contributed by atoms with van der Waals surface area (Å²) in [6.45, 7) is 2.21. The Balaban J connectivity index is 1.62. The molecular weight excluding hydrogens is 547 g/mol. The van der Waals surface area contributed by atoms with Crippen LogP contribution in [0.25, 0.3) is 0 Å². The van der Waals surface area contributed by atoms with Crippen LogP contribution in [0.5, 0.6) is 0 Å². The third-order valence-corrected chi connectivity index (χ3v) is 9.40. The highest BCUT2D eigenvalue weighted by atomic mass is 79.9. The standard InChI is InChI=1S/C22H22BrFN4O4S2/c1-2-32-22(29)18-17-10-13(27-34(30,31)14-4-5-14)11-28(17)20(21-25-7-8-33-21)26-19(18)15-6-3-12(24)9-16(15)23/h3,6-9,13-14,19,27H,2,4-5,10-11H2,1H3/t13?,19-/m0/s1. The van der Waals surface area contributed by atoms with Crippen molar-refractivity contribution < 1.29 is 22.3 Å². The van der Waals surface area contributed by atoms with E-state index in [4.69, 9.17) is 9.73 Å². The summed E-state index contributed by atoms with van der Waals surface area (Å²) in [7, 11) is -3.43. The summed E-state index contributed by atoms with van der Waals surface area (Å²) in [6, 6.07) is 3.04. The van der Waals surface area contributed by atoms with Crippen molar-refractivity contribution in [3.8, 4) is 0 Å². The van der Waals surface area contributed by atoms with Gasteiger partial charge >= 0.3 is 5.97 Å². The number of thiazole rings is 1. The molecule has 180 valence electrons. The molecule has 2 fully saturated rings. The second-order valence-electron chi connectivity index (χ2n) is 8.31. The third kappa shape index (κ3) is 4.43. The second-order valence-corrected chi connectivity index (χ2v) is 12.1. The molecule has 2 aliphatic heterocycles. The molecule has 3 heterocycles. The number of carbonyl (C=O) groups is 1. The summed E-state index contributed by atoms with van der Waals surface area (Å²) in [5.41, 5.74) is 1.57. The molecule has 2 atom stereocenters. The van der Waals surface area contributed by atoms with E-state index < -0.39 is 33.9 Å². The first-order valence-corrected chi connectivity index (χ1v) is 14.1. The molecule has 0 spiro atoms. The summed E-state index contributed by atoms with van der Waals surface area (Å²) in [4.78, 5) is 24.3. The summed E-state index contributed by atoms with van der Waals surface area (Å²) >= 11 is 4.81. The average molecular weight is 569 g/mol. The van der Waals surface area contributed by atoms with Gasteiger partial charge in [-0.2, -0.15) is 0 Å². The lowest BCUT2D eigenvalue weighted by atomic mass is 9.94. The molecule has 12 heteroatoms. The Hall–Kier alpha value is -2.15. The Morgan fingerprint density at radius 2 is 2.18 bits per heavy atom. The number of nitrogens with one attached hydrogen (secondary N) is 1. The molecule has 0 amide bonds. The highest BCUT2D eigenvalue weighted by Crippen LogP contribution is 2.43. The SMILES string of the molecule is CCOC(=O)C1=C2CC(NS(=O)(=O)C3CC3)CN2C(c2nccs2)=N[C@H]1c1ccc(F)cc1Br. The van der Waals surface area contributed by atoms with Crippen LogP contribution < -0.4 is 4.72 Å². The van der Waals surface area contributed by atoms with E-state index >= 15 is 0 Å². The van der Waals surface area contributed by atoms with E-state index in [1.165, 1.54) is 23.5 Å². The molecule has 1 saturated carbocycles. The number of aliphatic imine (C=N–C) groups is 1. The zero-order chi connectivity index (χ0) is 24.0. The summed E-state index contributed by atoms with van der Waals surface area (Å²) in [6.07, 6.45) is 3.29. The third-order valence-electron chi connectivity index (χ3n) is 5.93. The normalized spacial score (nSPS) is 22.6. The molecule has 1 aliphatic carbocycles. The lowest BCUT2D eigenvalue weighted by Gasteiger charge is -2.31. The fourth-order valence-corrected chi connectivity index (χ4v) is 7.08. The number of amidine groups is 1. The number of hydrogen-bond acceptors (Lipinski definition) is 8. The van der Waals surface area contributed by atoms with Crippen LogP contribution in [0, 0.1) is 5.82 Å². The van der Waals surface area contributed by atoms with E-state index in [-0.39, 0.29) is 11.9 Å². The maximum Gasteiger partial charge on any atom is 0.338 e. The molecule has 1 N–H and O–H groups in total. The molecule has 2 aromatic rings. The van der Waals surface area contributed by atoms with Crippen molar-refractivity contribution in [2.45, 2.75) is 43.5 Å². The van der Waals surface area contributed by atoms with Crippen LogP contribution in [0.2, 0.25) is 0 Å². The number of benzene rings is 1. The van der Waals surface area contributed by atoms with Gasteiger partial charge in [0.05, 0.1) is 17.4 Å². The minimum atomic E-state index is -3.43. The summed E-state index contributed by atoms with van der Waals surface area (Å²) in [5.74, 6) is -0.401. The Bertz CT molecular complexity index is 1290. The average Bonchev–Trinajstić information content (AvgIpc) is 3.36. The van der Waals surface area contributed by atoms with Crippen LogP contribution in [-0.4, -0.2) is 54.6 Å². The molecule has 0 radical (unpaired) electrons. The maximum absolute atomic E-state index is 13.8. The first-order chi connectivity index (χ1) is 16.3. The van der Waals surface area contributed by atoms with Gasteiger partial charge in [0.25, 0.3) is 0 Å². The van der Waals surface area contributed by atoms with Crippen molar-refractivity contribution in [1.82, 2.24) is 14.6 Å². The van der Waals surface area contributed by atoms with Gasteiger partial charge in [-0.05, 0) is 37.5 Å². The predicted octanol–water partition coefficient (Wildman–Crippen LogP) is 3.52. The number of ether oxygens (including phenoxy) is 1. The largest absolute Gasteiger partial charge is 0.463 e. The van der Waals surface area contributed by atoms with E-state index in [2.05, 4.69) is 25.6 Å². The van der Waals surface area contributed by atoms with Gasteiger partial charge in [0.1, 0.15) is 11.9 Å². The lowest BCUT2D eigenvalue weighted by molar-refractivity contribution is -0.139. The Morgan fingerprint density at radius 3 is 2.82 bits per heavy atom. The van der Waals surface area contributed by atoms with E-state index in [1.807, 2.05) is 10.3 Å². The van der Waals surface area contributed by atoms with Gasteiger partial charge in [0.15, 0.2) is 10.8 Å². The van der Waals surface area contributed by atoms with Crippen LogP contribution in [0.1, 0.15) is 42.8 Å². The first-order valence-electron chi connectivity index (χ1n) is 10.9. The van der Waals surface area contributed by atoms with Crippen LogP contribution in [0.4, 0.5) is 4.39 Å². The number of aromatic nitrogens is 1. The number of esters is 1. The lowest BCUT2D eigenvalue weighted by Crippen LogP contribution is -2.40. The number of fused-ring (bicyclic) bond motifs is 1. The van der Waals surface area contributed by atoms with Crippen molar-refractivity contribution >= 4 is 49.1 Å². The minimum absolute atomic E-state index is 0.174. The van der Waals surface area contributed by atoms with E-state index in [9.17, 15) is 17.6 Å². The van der Waals surface area contributed by atoms with Gasteiger partial charge in [-0.3, -0.25) is 4.99 Å². The molecule has 1 saturated heterocycles. The molecular formula is C22H22BrFN4O4S2. The molecule has 8 nitrogen and oxygen atoms in total. The van der Waals surface area contributed by atoms with E-state index in [0.717, 1.165) is 0 Å². The van der Waals surface area contributed by atoms with Crippen molar-refractivity contribution in [3.63, 3.8) is 0 Å². The van der Waals surface area contributed by atoms with Gasteiger partial charge in [0, 0.05) is 40.8 Å². The zero-order valence-corrected chi connectivity index (χ0v) is 21.4. The van der Waals surface area contributed by atoms with Crippen molar-refractivity contribution in [2.24, 2.45) is 4.99 Å². The molecule has 1 aromatic carbocycles. The molecule has 5 rings (SSSR count). The Morgan fingerprint density at radius 1 is 1.38 bits per heavy atom. The number of rotatable bonds is 7. The fourth-order valence-electron chi connectivity index (χ4n) is 4.30. The van der Waals surface area contributed by atoms with Gasteiger partial charge < -0.3 is 9.64 Å². The highest BCUT2D eigenvalue weighted by Gasteiger charge is 2.45. The van der Waals surface area contributed by atoms with E-state index in [0.29, 0.717) is 58.0 Å². The molecule has 0 bridgehead atoms. The number of halogens is 2. The van der Waals surface area contributed by atoms with Crippen LogP contribution >= 0.6 is 27.3 Å². The number of sulfonamides is 1. The Labute approximate surface area is 209 Å². The molecule has 1 unspecified atom stereocenters. The van der Waals surface area contributed by atoms with Crippen LogP contribution in [0.15, 0.2) is 50.5 Å². The van der Waals surface area contributed by atoms with Gasteiger partial charge in [0.2, 0.25) is 10.0 Å². The monoisotopic (exact) mass is 568 g/mol. The van der Waals surface area contributed by atoms with Crippen LogP contribution in [0.3, 0.4) is 0 Å². The first kappa shape index (κ1) is 23.6. The maximum atomic E-state index is 13.8. The second kappa shape index (κ2) is 9.14.